The molecule has 0 aliphatic heterocycles. The quantitative estimate of drug-likeness (QED) is 0.606. The van der Waals surface area contributed by atoms with Crippen LogP contribution in [0.15, 0.2) is 42.1 Å². The van der Waals surface area contributed by atoms with Gasteiger partial charge in [-0.3, -0.25) is 0 Å². The van der Waals surface area contributed by atoms with Gasteiger partial charge in [0.2, 0.25) is 0 Å². The molecule has 1 saturated carbocycles. The van der Waals surface area contributed by atoms with Gasteiger partial charge in [0.25, 0.3) is 0 Å². The Bertz CT molecular complexity index is 739. The summed E-state index contributed by atoms with van der Waals surface area (Å²) in [7, 11) is 1.54. The smallest absolute Gasteiger partial charge is 0.137 e. The minimum atomic E-state index is -1.19. The van der Waals surface area contributed by atoms with Crippen LogP contribution in [0.25, 0.3) is 0 Å². The van der Waals surface area contributed by atoms with Crippen LogP contribution in [0.2, 0.25) is 5.02 Å². The number of aromatic nitrogens is 3. The fourth-order valence-electron chi connectivity index (χ4n) is 3.64. The van der Waals surface area contributed by atoms with Gasteiger partial charge >= 0.3 is 0 Å². The first kappa shape index (κ1) is 17.9. The van der Waals surface area contributed by atoms with Gasteiger partial charge in [-0.25, -0.2) is 9.67 Å². The van der Waals surface area contributed by atoms with Gasteiger partial charge in [0.1, 0.15) is 25.4 Å². The van der Waals surface area contributed by atoms with Crippen molar-refractivity contribution in [3.8, 4) is 0 Å². The van der Waals surface area contributed by atoms with Crippen molar-refractivity contribution < 1.29 is 9.94 Å². The number of halogens is 1. The van der Waals surface area contributed by atoms with Crippen molar-refractivity contribution in [2.75, 3.05) is 7.11 Å². The molecular formula is C18H23ClN4O2. The van der Waals surface area contributed by atoms with Crippen LogP contribution in [0.3, 0.4) is 0 Å². The fourth-order valence-corrected chi connectivity index (χ4v) is 3.77. The number of nitrogens with zero attached hydrogens (tertiary/aromatic N) is 4. The average molecular weight is 363 g/mol. The van der Waals surface area contributed by atoms with Crippen molar-refractivity contribution in [1.29, 1.82) is 0 Å². The molecule has 1 aromatic heterocycles. The molecule has 0 saturated heterocycles. The van der Waals surface area contributed by atoms with Crippen molar-refractivity contribution in [2.45, 2.75) is 38.8 Å². The zero-order valence-electron chi connectivity index (χ0n) is 14.7. The third-order valence-electron chi connectivity index (χ3n) is 4.95. The molecule has 1 aliphatic carbocycles. The molecule has 1 heterocycles. The minimum Gasteiger partial charge on any atom is -0.399 e. The second kappa shape index (κ2) is 6.77. The lowest BCUT2D eigenvalue weighted by molar-refractivity contribution is -0.0323. The molecule has 0 radical (unpaired) electrons. The number of hydrogen-bond acceptors (Lipinski definition) is 5. The maximum Gasteiger partial charge on any atom is 0.137 e. The van der Waals surface area contributed by atoms with Gasteiger partial charge in [-0.05, 0) is 36.5 Å². The largest absolute Gasteiger partial charge is 0.399 e. The molecule has 1 aliphatic rings. The van der Waals surface area contributed by atoms with Crippen LogP contribution in [0.4, 0.5) is 0 Å². The van der Waals surface area contributed by atoms with E-state index in [0.717, 1.165) is 24.1 Å². The van der Waals surface area contributed by atoms with E-state index in [1.54, 1.807) is 23.1 Å². The van der Waals surface area contributed by atoms with Crippen LogP contribution >= 0.6 is 11.6 Å². The summed E-state index contributed by atoms with van der Waals surface area (Å²) >= 11 is 6.04. The number of rotatable bonds is 7. The normalized spacial score (nSPS) is 18.9. The molecule has 1 aromatic carbocycles. The third kappa shape index (κ3) is 3.16. The van der Waals surface area contributed by atoms with Crippen molar-refractivity contribution >= 4 is 17.3 Å². The molecule has 134 valence electrons. The molecule has 1 unspecified atom stereocenters. The number of aliphatic hydroxyl groups is 1. The van der Waals surface area contributed by atoms with E-state index in [9.17, 15) is 5.11 Å². The lowest BCUT2D eigenvalue weighted by Crippen LogP contribution is -2.46. The van der Waals surface area contributed by atoms with Crippen molar-refractivity contribution in [1.82, 2.24) is 14.8 Å². The predicted molar refractivity (Wildman–Crippen MR) is 96.3 cm³/mol. The summed E-state index contributed by atoms with van der Waals surface area (Å²) in [6.07, 6.45) is 4.75. The monoisotopic (exact) mass is 362 g/mol. The van der Waals surface area contributed by atoms with Gasteiger partial charge in [-0.15, -0.1) is 0 Å². The number of hydrogen-bond donors (Lipinski definition) is 1. The molecule has 1 fully saturated rings. The molecule has 7 heteroatoms. The highest BCUT2D eigenvalue weighted by molar-refractivity contribution is 6.30. The molecular weight excluding hydrogens is 340 g/mol. The SMILES string of the molecule is CO/N=C(\C(C)C)C1(C(O)(Cn2cncn2)c2ccc(Cl)cc2)CC1. The zero-order valence-corrected chi connectivity index (χ0v) is 15.4. The predicted octanol–water partition coefficient (Wildman–Crippen LogP) is 3.26. The van der Waals surface area contributed by atoms with E-state index in [-0.39, 0.29) is 12.5 Å². The highest BCUT2D eigenvalue weighted by Crippen LogP contribution is 2.61. The van der Waals surface area contributed by atoms with E-state index in [0.29, 0.717) is 5.02 Å². The van der Waals surface area contributed by atoms with E-state index in [1.165, 1.54) is 13.4 Å². The van der Waals surface area contributed by atoms with E-state index < -0.39 is 11.0 Å². The van der Waals surface area contributed by atoms with Gasteiger partial charge in [-0.1, -0.05) is 42.7 Å². The highest BCUT2D eigenvalue weighted by atomic mass is 35.5. The molecule has 0 bridgehead atoms. The van der Waals surface area contributed by atoms with Crippen LogP contribution < -0.4 is 0 Å². The summed E-state index contributed by atoms with van der Waals surface area (Å²) in [5.41, 5.74) is -0.0222. The molecule has 0 amide bonds. The second-order valence-electron chi connectivity index (χ2n) is 6.86. The van der Waals surface area contributed by atoms with Gasteiger partial charge in [-0.2, -0.15) is 5.10 Å². The average Bonchev–Trinajstić information content (AvgIpc) is 3.24. The lowest BCUT2D eigenvalue weighted by Gasteiger charge is -2.38. The van der Waals surface area contributed by atoms with E-state index in [4.69, 9.17) is 16.4 Å². The van der Waals surface area contributed by atoms with Crippen molar-refractivity contribution in [3.63, 3.8) is 0 Å². The molecule has 6 nitrogen and oxygen atoms in total. The Balaban J connectivity index is 2.10. The second-order valence-corrected chi connectivity index (χ2v) is 7.29. The lowest BCUT2D eigenvalue weighted by atomic mass is 9.72. The number of benzene rings is 1. The summed E-state index contributed by atoms with van der Waals surface area (Å²) in [4.78, 5) is 9.10. The first-order chi connectivity index (χ1) is 11.9. The fraction of sp³-hybridized carbons (Fsp3) is 0.500. The van der Waals surface area contributed by atoms with Crippen molar-refractivity contribution in [2.24, 2.45) is 16.5 Å². The molecule has 25 heavy (non-hydrogen) atoms. The molecule has 1 N–H and O–H groups in total. The summed E-state index contributed by atoms with van der Waals surface area (Å²) in [6.45, 7) is 4.41. The topological polar surface area (TPSA) is 72.5 Å². The Morgan fingerprint density at radius 2 is 2.08 bits per heavy atom. The minimum absolute atomic E-state index is 0.150. The summed E-state index contributed by atoms with van der Waals surface area (Å²) in [6, 6.07) is 7.32. The number of oxime groups is 1. The molecule has 1 atom stereocenters. The maximum atomic E-state index is 11.9. The molecule has 3 rings (SSSR count). The van der Waals surface area contributed by atoms with Gasteiger partial charge in [0.05, 0.1) is 12.3 Å². The van der Waals surface area contributed by atoms with Gasteiger partial charge in [0.15, 0.2) is 0 Å². The van der Waals surface area contributed by atoms with Crippen LogP contribution in [-0.4, -0.2) is 32.7 Å². The summed E-state index contributed by atoms with van der Waals surface area (Å²) in [5, 5.41) is 21.0. The standard InChI is InChI=1S/C18H23ClN4O2/c1-13(2)16(22-25-3)17(8-9-17)18(24,10-23-12-20-11-21-23)14-4-6-15(19)7-5-14/h4-7,11-13,24H,8-10H2,1-3H3/b22-16+. The summed E-state index contributed by atoms with van der Waals surface area (Å²) in [5.74, 6) is 0.150. The van der Waals surface area contributed by atoms with Crippen molar-refractivity contribution in [3.05, 3.63) is 47.5 Å². The van der Waals surface area contributed by atoms with Crippen LogP contribution in [0.5, 0.6) is 0 Å². The van der Waals surface area contributed by atoms with Gasteiger partial charge < -0.3 is 9.94 Å². The maximum absolute atomic E-state index is 11.9. The Hall–Kier alpha value is -1.92. The first-order valence-electron chi connectivity index (χ1n) is 8.35. The van der Waals surface area contributed by atoms with E-state index in [2.05, 4.69) is 29.1 Å². The van der Waals surface area contributed by atoms with Crippen LogP contribution in [-0.2, 0) is 17.0 Å². The Morgan fingerprint density at radius 1 is 1.40 bits per heavy atom. The Labute approximate surface area is 152 Å². The first-order valence-corrected chi connectivity index (χ1v) is 8.73. The Morgan fingerprint density at radius 3 is 2.56 bits per heavy atom. The van der Waals surface area contributed by atoms with E-state index in [1.807, 2.05) is 12.1 Å². The van der Waals surface area contributed by atoms with Crippen LogP contribution in [0.1, 0.15) is 32.3 Å². The Kier molecular flexibility index (Phi) is 4.84. The zero-order chi connectivity index (χ0) is 18.1. The van der Waals surface area contributed by atoms with Crippen LogP contribution in [0, 0.1) is 11.3 Å². The molecule has 2 aromatic rings. The third-order valence-corrected chi connectivity index (χ3v) is 5.20. The van der Waals surface area contributed by atoms with E-state index >= 15 is 0 Å². The van der Waals surface area contributed by atoms with Gasteiger partial charge in [0, 0.05) is 10.4 Å². The summed E-state index contributed by atoms with van der Waals surface area (Å²) < 4.78 is 1.65. The molecule has 0 spiro atoms. The highest BCUT2D eigenvalue weighted by Gasteiger charge is 2.63.